The molecule has 0 aliphatic carbocycles. The normalized spacial score (nSPS) is 12.0. The van der Waals surface area contributed by atoms with Gasteiger partial charge in [0, 0.05) is 5.56 Å². The lowest BCUT2D eigenvalue weighted by Gasteiger charge is -2.18. The minimum atomic E-state index is -0.914. The highest BCUT2D eigenvalue weighted by atomic mass is 16.2. The van der Waals surface area contributed by atoms with Gasteiger partial charge in [0.15, 0.2) is 0 Å². The number of fused-ring (bicyclic) bond motifs is 2. The maximum Gasteiger partial charge on any atom is 0.252 e. The van der Waals surface area contributed by atoms with Crippen LogP contribution in [0.4, 0.5) is 0 Å². The summed E-state index contributed by atoms with van der Waals surface area (Å²) in [5.41, 5.74) is 6.85. The molecule has 0 heterocycles. The second-order valence-electron chi connectivity index (χ2n) is 6.40. The minimum absolute atomic E-state index is 0.330. The van der Waals surface area contributed by atoms with Gasteiger partial charge < -0.3 is 11.1 Å². The van der Waals surface area contributed by atoms with Crippen molar-refractivity contribution in [3.05, 3.63) is 96.1 Å². The molecule has 4 rings (SSSR count). The van der Waals surface area contributed by atoms with Crippen LogP contribution >= 0.6 is 0 Å². The van der Waals surface area contributed by atoms with Crippen LogP contribution in [0, 0.1) is 0 Å². The van der Waals surface area contributed by atoms with Crippen LogP contribution in [0.15, 0.2) is 84.9 Å². The smallest absolute Gasteiger partial charge is 0.252 e. The van der Waals surface area contributed by atoms with Crippen LogP contribution in [-0.4, -0.2) is 11.8 Å². The summed E-state index contributed by atoms with van der Waals surface area (Å²) in [6.45, 7) is 0. The van der Waals surface area contributed by atoms with Gasteiger partial charge in [0.05, 0.1) is 0 Å². The van der Waals surface area contributed by atoms with Crippen molar-refractivity contribution in [3.63, 3.8) is 0 Å². The second kappa shape index (κ2) is 6.92. The van der Waals surface area contributed by atoms with Crippen molar-refractivity contribution in [2.75, 3.05) is 0 Å². The lowest BCUT2D eigenvalue weighted by atomic mass is 9.97. The first-order valence-electron chi connectivity index (χ1n) is 8.71. The molecule has 4 aromatic rings. The molecule has 1 atom stereocenters. The van der Waals surface area contributed by atoms with Crippen LogP contribution in [-0.2, 0) is 4.79 Å². The van der Waals surface area contributed by atoms with E-state index in [1.54, 1.807) is 6.07 Å². The average molecular weight is 354 g/mol. The van der Waals surface area contributed by atoms with E-state index in [1.165, 1.54) is 0 Å². The summed E-state index contributed by atoms with van der Waals surface area (Å²) in [5.74, 6) is -0.927. The van der Waals surface area contributed by atoms with Crippen molar-refractivity contribution in [2.45, 2.75) is 6.04 Å². The van der Waals surface area contributed by atoms with Gasteiger partial charge in [0.1, 0.15) is 6.04 Å². The summed E-state index contributed by atoms with van der Waals surface area (Å²) < 4.78 is 0. The van der Waals surface area contributed by atoms with Gasteiger partial charge in [0.25, 0.3) is 5.91 Å². The Bertz CT molecular complexity index is 1160. The average Bonchev–Trinajstić information content (AvgIpc) is 2.71. The summed E-state index contributed by atoms with van der Waals surface area (Å²) in [6.07, 6.45) is 0. The Morgan fingerprint density at radius 3 is 1.96 bits per heavy atom. The van der Waals surface area contributed by atoms with E-state index in [-0.39, 0.29) is 5.91 Å². The lowest BCUT2D eigenvalue weighted by molar-refractivity contribution is -0.119. The second-order valence-corrected chi connectivity index (χ2v) is 6.40. The highest BCUT2D eigenvalue weighted by molar-refractivity contribution is 6.08. The van der Waals surface area contributed by atoms with Crippen molar-refractivity contribution in [1.29, 1.82) is 0 Å². The highest BCUT2D eigenvalue weighted by Crippen LogP contribution is 2.25. The fraction of sp³-hybridized carbons (Fsp3) is 0.0435. The van der Waals surface area contributed by atoms with E-state index in [0.29, 0.717) is 11.1 Å². The monoisotopic (exact) mass is 354 g/mol. The number of carbonyl (C=O) groups excluding carboxylic acids is 2. The predicted octanol–water partition coefficient (Wildman–Crippen LogP) is 3.95. The van der Waals surface area contributed by atoms with Crippen molar-refractivity contribution in [1.82, 2.24) is 5.32 Å². The van der Waals surface area contributed by atoms with Gasteiger partial charge >= 0.3 is 0 Å². The maximum atomic E-state index is 13.0. The summed E-state index contributed by atoms with van der Waals surface area (Å²) in [4.78, 5) is 25.1. The number of primary amides is 1. The van der Waals surface area contributed by atoms with Gasteiger partial charge in [-0.2, -0.15) is 0 Å². The molecule has 0 fully saturated rings. The Kier molecular flexibility index (Phi) is 4.30. The SMILES string of the molecule is NC(=O)C(NC(=O)c1cccc2ccccc12)c1cccc2ccccc12. The topological polar surface area (TPSA) is 72.2 Å². The molecule has 132 valence electrons. The molecule has 0 aliphatic heterocycles. The molecule has 0 saturated heterocycles. The molecule has 2 amide bonds. The summed E-state index contributed by atoms with van der Waals surface area (Å²) in [7, 11) is 0. The van der Waals surface area contributed by atoms with Gasteiger partial charge in [-0.3, -0.25) is 9.59 Å². The highest BCUT2D eigenvalue weighted by Gasteiger charge is 2.23. The molecule has 0 aliphatic rings. The van der Waals surface area contributed by atoms with Gasteiger partial charge in [-0.1, -0.05) is 78.9 Å². The molecule has 0 radical (unpaired) electrons. The third-order valence-corrected chi connectivity index (χ3v) is 4.73. The summed E-state index contributed by atoms with van der Waals surface area (Å²) >= 11 is 0. The van der Waals surface area contributed by atoms with Crippen molar-refractivity contribution in [2.24, 2.45) is 5.73 Å². The van der Waals surface area contributed by atoms with Crippen molar-refractivity contribution in [3.8, 4) is 0 Å². The zero-order chi connectivity index (χ0) is 18.8. The van der Waals surface area contributed by atoms with Gasteiger partial charge in [0.2, 0.25) is 5.91 Å². The van der Waals surface area contributed by atoms with Crippen molar-refractivity contribution < 1.29 is 9.59 Å². The number of amides is 2. The van der Waals surface area contributed by atoms with Crippen LogP contribution in [0.3, 0.4) is 0 Å². The van der Waals surface area contributed by atoms with Crippen LogP contribution in [0.2, 0.25) is 0 Å². The molecule has 0 saturated carbocycles. The van der Waals surface area contributed by atoms with Gasteiger partial charge in [-0.15, -0.1) is 0 Å². The molecule has 27 heavy (non-hydrogen) atoms. The molecule has 4 aromatic carbocycles. The number of carbonyl (C=O) groups is 2. The number of hydrogen-bond acceptors (Lipinski definition) is 2. The molecule has 0 aromatic heterocycles. The third-order valence-electron chi connectivity index (χ3n) is 4.73. The standard InChI is InChI=1S/C23H18N2O2/c24-22(26)21(19-13-5-9-15-7-1-3-11-17(15)19)25-23(27)20-14-6-10-16-8-2-4-12-18(16)20/h1-14,21H,(H2,24,26)(H,25,27). The van der Waals surface area contributed by atoms with E-state index in [0.717, 1.165) is 21.5 Å². The van der Waals surface area contributed by atoms with Crippen molar-refractivity contribution >= 4 is 33.4 Å². The van der Waals surface area contributed by atoms with Crippen LogP contribution in [0.5, 0.6) is 0 Å². The maximum absolute atomic E-state index is 13.0. The Morgan fingerprint density at radius 2 is 1.26 bits per heavy atom. The Balaban J connectivity index is 1.75. The molecule has 0 bridgehead atoms. The predicted molar refractivity (Wildman–Crippen MR) is 107 cm³/mol. The van der Waals surface area contributed by atoms with E-state index >= 15 is 0 Å². The first kappa shape index (κ1) is 16.8. The van der Waals surface area contributed by atoms with E-state index in [4.69, 9.17) is 5.73 Å². The quantitative estimate of drug-likeness (QED) is 0.582. The third kappa shape index (κ3) is 3.13. The number of nitrogens with one attached hydrogen (secondary N) is 1. The Morgan fingerprint density at radius 1 is 0.704 bits per heavy atom. The number of rotatable bonds is 4. The number of benzene rings is 4. The molecular weight excluding hydrogens is 336 g/mol. The number of nitrogens with two attached hydrogens (primary N) is 1. The summed E-state index contributed by atoms with van der Waals surface area (Å²) in [5, 5.41) is 6.49. The molecule has 0 spiro atoms. The van der Waals surface area contributed by atoms with Gasteiger partial charge in [-0.05, 0) is 33.2 Å². The first-order chi connectivity index (χ1) is 13.1. The van der Waals surface area contributed by atoms with Crippen LogP contribution < -0.4 is 11.1 Å². The fourth-order valence-corrected chi connectivity index (χ4v) is 3.44. The largest absolute Gasteiger partial charge is 0.368 e. The Labute approximate surface area is 156 Å². The molecule has 3 N–H and O–H groups in total. The first-order valence-corrected chi connectivity index (χ1v) is 8.71. The molecular formula is C23H18N2O2. The van der Waals surface area contributed by atoms with Gasteiger partial charge in [-0.25, -0.2) is 0 Å². The molecule has 4 nitrogen and oxygen atoms in total. The van der Waals surface area contributed by atoms with Crippen LogP contribution in [0.25, 0.3) is 21.5 Å². The lowest BCUT2D eigenvalue weighted by Crippen LogP contribution is -2.37. The van der Waals surface area contributed by atoms with E-state index in [9.17, 15) is 9.59 Å². The van der Waals surface area contributed by atoms with Crippen LogP contribution in [0.1, 0.15) is 22.0 Å². The molecule has 1 unspecified atom stereocenters. The minimum Gasteiger partial charge on any atom is -0.368 e. The van der Waals surface area contributed by atoms with E-state index in [2.05, 4.69) is 5.32 Å². The Hall–Kier alpha value is -3.66. The zero-order valence-corrected chi connectivity index (χ0v) is 14.6. The van der Waals surface area contributed by atoms with E-state index < -0.39 is 11.9 Å². The number of hydrogen-bond donors (Lipinski definition) is 2. The fourth-order valence-electron chi connectivity index (χ4n) is 3.44. The van der Waals surface area contributed by atoms with E-state index in [1.807, 2.05) is 78.9 Å². The zero-order valence-electron chi connectivity index (χ0n) is 14.6. The molecule has 4 heteroatoms. The summed E-state index contributed by atoms with van der Waals surface area (Å²) in [6, 6.07) is 25.6.